The van der Waals surface area contributed by atoms with Crippen LogP contribution in [0.3, 0.4) is 0 Å². The second kappa shape index (κ2) is 8.26. The Hall–Kier alpha value is -3.00. The van der Waals surface area contributed by atoms with E-state index in [2.05, 4.69) is 10.3 Å². The Morgan fingerprint density at radius 3 is 2.74 bits per heavy atom. The van der Waals surface area contributed by atoms with E-state index < -0.39 is 11.7 Å². The number of methoxy groups -OCH3 is 1. The van der Waals surface area contributed by atoms with E-state index in [-0.39, 0.29) is 35.4 Å². The molecular formula is C22H18ClF3N2O3. The van der Waals surface area contributed by atoms with Gasteiger partial charge in [-0.25, -0.2) is 0 Å². The summed E-state index contributed by atoms with van der Waals surface area (Å²) in [5.74, 6) is 0.950. The number of piperidine rings is 1. The Bertz CT molecular complexity index is 1100. The highest BCUT2D eigenvalue weighted by molar-refractivity contribution is 6.30. The second-order valence-electron chi connectivity index (χ2n) is 7.15. The number of ether oxygens (including phenoxy) is 2. The maximum Gasteiger partial charge on any atom is 0.416 e. The first-order valence-corrected chi connectivity index (χ1v) is 9.85. The Morgan fingerprint density at radius 1 is 1.19 bits per heavy atom. The Kier molecular flexibility index (Phi) is 5.66. The molecule has 1 atom stereocenters. The number of amidine groups is 1. The molecule has 4 rings (SSSR count). The minimum absolute atomic E-state index is 0.00125. The molecule has 0 aromatic heterocycles. The standard InChI is InChI=1S/C22H18ClF3N2O3/c1-30-19-8-12(16-10-20(29)28-21-15(16)6-7-27-21)3-5-18(19)31-11-13-2-4-14(23)9-17(13)22(24,25)26/h2-6,8-9,16H,7,10-11H2,1H3,(H,27,28,29). The normalized spacial score (nSPS) is 18.1. The molecule has 0 aliphatic carbocycles. The Morgan fingerprint density at radius 2 is 2.00 bits per heavy atom. The third-order valence-corrected chi connectivity index (χ3v) is 5.44. The number of carbonyl (C=O) groups excluding carboxylic acids is 1. The number of hydrogen-bond acceptors (Lipinski definition) is 4. The number of fused-ring (bicyclic) bond motifs is 1. The van der Waals surface area contributed by atoms with Crippen LogP contribution < -0.4 is 14.8 Å². The van der Waals surface area contributed by atoms with Crippen LogP contribution in [0.5, 0.6) is 11.5 Å². The molecule has 1 amide bonds. The van der Waals surface area contributed by atoms with Crippen LogP contribution in [0.2, 0.25) is 5.02 Å². The molecule has 1 saturated heterocycles. The van der Waals surface area contributed by atoms with Crippen LogP contribution in [0.25, 0.3) is 0 Å². The van der Waals surface area contributed by atoms with Gasteiger partial charge < -0.3 is 14.8 Å². The summed E-state index contributed by atoms with van der Waals surface area (Å²) in [7, 11) is 1.45. The molecule has 1 unspecified atom stereocenters. The summed E-state index contributed by atoms with van der Waals surface area (Å²) in [4.78, 5) is 16.3. The Labute approximate surface area is 181 Å². The highest BCUT2D eigenvalue weighted by atomic mass is 35.5. The number of nitrogens with zero attached hydrogens (tertiary/aromatic N) is 1. The van der Waals surface area contributed by atoms with Gasteiger partial charge in [-0.2, -0.15) is 13.2 Å². The number of nitrogens with one attached hydrogen (secondary N) is 1. The lowest BCUT2D eigenvalue weighted by Gasteiger charge is -2.26. The molecule has 1 N–H and O–H groups in total. The number of hydrogen-bond donors (Lipinski definition) is 1. The molecule has 0 bridgehead atoms. The average molecular weight is 451 g/mol. The van der Waals surface area contributed by atoms with Gasteiger partial charge in [0.1, 0.15) is 12.4 Å². The Balaban J connectivity index is 1.58. The third kappa shape index (κ3) is 4.39. The van der Waals surface area contributed by atoms with Crippen LogP contribution in [-0.2, 0) is 17.6 Å². The van der Waals surface area contributed by atoms with Crippen molar-refractivity contribution in [2.75, 3.05) is 13.7 Å². The fraction of sp³-hybridized carbons (Fsp3) is 0.273. The molecular weight excluding hydrogens is 433 g/mol. The molecule has 2 aromatic rings. The zero-order valence-corrected chi connectivity index (χ0v) is 17.2. The van der Waals surface area contributed by atoms with E-state index in [0.29, 0.717) is 23.9 Å². The number of benzene rings is 2. The second-order valence-corrected chi connectivity index (χ2v) is 7.59. The van der Waals surface area contributed by atoms with Crippen LogP contribution in [-0.4, -0.2) is 25.4 Å². The van der Waals surface area contributed by atoms with Gasteiger partial charge in [0.05, 0.1) is 19.2 Å². The number of aliphatic imine (C=N–C) groups is 1. The van der Waals surface area contributed by atoms with Crippen molar-refractivity contribution in [2.24, 2.45) is 4.99 Å². The lowest BCUT2D eigenvalue weighted by atomic mass is 9.85. The molecule has 0 saturated carbocycles. The first kappa shape index (κ1) is 21.2. The lowest BCUT2D eigenvalue weighted by Crippen LogP contribution is -2.38. The van der Waals surface area contributed by atoms with E-state index in [4.69, 9.17) is 21.1 Å². The van der Waals surface area contributed by atoms with Crippen LogP contribution in [0.15, 0.2) is 53.0 Å². The van der Waals surface area contributed by atoms with Gasteiger partial charge in [-0.15, -0.1) is 0 Å². The SMILES string of the molecule is COc1cc(C2CC(=O)NC3=NCC=C32)ccc1OCc1ccc(Cl)cc1C(F)(F)F. The van der Waals surface area contributed by atoms with Gasteiger partial charge >= 0.3 is 6.18 Å². The van der Waals surface area contributed by atoms with E-state index >= 15 is 0 Å². The molecule has 2 heterocycles. The van der Waals surface area contributed by atoms with E-state index in [1.165, 1.54) is 19.2 Å². The molecule has 0 spiro atoms. The van der Waals surface area contributed by atoms with Crippen molar-refractivity contribution in [1.29, 1.82) is 0 Å². The maximum absolute atomic E-state index is 13.3. The predicted octanol–water partition coefficient (Wildman–Crippen LogP) is 4.89. The molecule has 0 radical (unpaired) electrons. The number of carbonyl (C=O) groups is 1. The minimum Gasteiger partial charge on any atom is -0.493 e. The van der Waals surface area contributed by atoms with Crippen molar-refractivity contribution in [2.45, 2.75) is 25.1 Å². The molecule has 31 heavy (non-hydrogen) atoms. The highest BCUT2D eigenvalue weighted by Crippen LogP contribution is 2.39. The number of halogens is 4. The zero-order chi connectivity index (χ0) is 22.2. The van der Waals surface area contributed by atoms with Crippen LogP contribution in [0, 0.1) is 0 Å². The number of amides is 1. The van der Waals surface area contributed by atoms with Crippen LogP contribution in [0.4, 0.5) is 13.2 Å². The quantitative estimate of drug-likeness (QED) is 0.705. The highest BCUT2D eigenvalue weighted by Gasteiger charge is 2.34. The maximum atomic E-state index is 13.3. The van der Waals surface area contributed by atoms with Gasteiger partial charge in [-0.1, -0.05) is 29.8 Å². The molecule has 2 aromatic carbocycles. The monoisotopic (exact) mass is 450 g/mol. The summed E-state index contributed by atoms with van der Waals surface area (Å²) in [6.07, 6.45) is -2.31. The van der Waals surface area contributed by atoms with Gasteiger partial charge in [0, 0.05) is 28.5 Å². The van der Waals surface area contributed by atoms with E-state index in [1.54, 1.807) is 18.2 Å². The van der Waals surface area contributed by atoms with E-state index in [9.17, 15) is 18.0 Å². The van der Waals surface area contributed by atoms with Crippen molar-refractivity contribution < 1.29 is 27.4 Å². The molecule has 5 nitrogen and oxygen atoms in total. The van der Waals surface area contributed by atoms with Gasteiger partial charge in [-0.3, -0.25) is 9.79 Å². The minimum atomic E-state index is -4.55. The summed E-state index contributed by atoms with van der Waals surface area (Å²) in [5.41, 5.74) is 0.904. The van der Waals surface area contributed by atoms with Crippen LogP contribution >= 0.6 is 11.6 Å². The summed E-state index contributed by atoms with van der Waals surface area (Å²) in [6, 6.07) is 8.71. The summed E-state index contributed by atoms with van der Waals surface area (Å²) in [6.45, 7) is 0.206. The van der Waals surface area contributed by atoms with Gasteiger partial charge in [0.15, 0.2) is 11.5 Å². The van der Waals surface area contributed by atoms with Crippen molar-refractivity contribution >= 4 is 23.3 Å². The van der Waals surface area contributed by atoms with Gasteiger partial charge in [-0.05, 0) is 29.8 Å². The molecule has 1 fully saturated rings. The number of rotatable bonds is 5. The van der Waals surface area contributed by atoms with Crippen molar-refractivity contribution in [1.82, 2.24) is 5.32 Å². The molecule has 2 aliphatic rings. The molecule has 9 heteroatoms. The summed E-state index contributed by atoms with van der Waals surface area (Å²) >= 11 is 5.73. The largest absolute Gasteiger partial charge is 0.493 e. The smallest absolute Gasteiger partial charge is 0.416 e. The average Bonchev–Trinajstić information content (AvgIpc) is 3.19. The van der Waals surface area contributed by atoms with Gasteiger partial charge in [0.25, 0.3) is 0 Å². The van der Waals surface area contributed by atoms with Crippen LogP contribution in [0.1, 0.15) is 29.0 Å². The first-order valence-electron chi connectivity index (χ1n) is 9.47. The third-order valence-electron chi connectivity index (χ3n) is 5.21. The zero-order valence-electron chi connectivity index (χ0n) is 16.4. The van der Waals surface area contributed by atoms with Gasteiger partial charge in [0.2, 0.25) is 5.91 Å². The molecule has 162 valence electrons. The van der Waals surface area contributed by atoms with Crippen molar-refractivity contribution in [3.63, 3.8) is 0 Å². The summed E-state index contributed by atoms with van der Waals surface area (Å²) < 4.78 is 51.0. The van der Waals surface area contributed by atoms with Crippen molar-refractivity contribution in [3.8, 4) is 11.5 Å². The van der Waals surface area contributed by atoms with E-state index in [1.807, 2.05) is 6.08 Å². The van der Waals surface area contributed by atoms with Crippen molar-refractivity contribution in [3.05, 3.63) is 69.8 Å². The topological polar surface area (TPSA) is 59.9 Å². The first-order chi connectivity index (χ1) is 14.8. The molecule has 2 aliphatic heterocycles. The lowest BCUT2D eigenvalue weighted by molar-refractivity contribution is -0.138. The van der Waals surface area contributed by atoms with E-state index in [0.717, 1.165) is 17.2 Å². The predicted molar refractivity (Wildman–Crippen MR) is 110 cm³/mol. The number of alkyl halides is 3. The fourth-order valence-corrected chi connectivity index (χ4v) is 3.90. The fourth-order valence-electron chi connectivity index (χ4n) is 3.73. The summed E-state index contributed by atoms with van der Waals surface area (Å²) in [5, 5.41) is 2.76.